The van der Waals surface area contributed by atoms with Gasteiger partial charge in [-0.2, -0.15) is 14.9 Å². The molecule has 0 spiro atoms. The molecule has 0 saturated heterocycles. The molecule has 0 fully saturated rings. The highest BCUT2D eigenvalue weighted by Gasteiger charge is 2.12. The molecular formula is C19H19Cl2N5S. The standard InChI is InChI=1S/C19H19Cl2N5S/c1-3-25(4-2)15-8-5-13(6-9-15)12-22-26-18(23-24-19(26)27)16-10-7-14(20)11-17(16)21/h5-12H,3-4H2,1-2H3,(H,24,27)/b22-12-. The Morgan fingerprint density at radius 2 is 1.85 bits per heavy atom. The molecule has 0 amide bonds. The molecule has 0 radical (unpaired) electrons. The predicted octanol–water partition coefficient (Wildman–Crippen LogP) is 5.64. The SMILES string of the molecule is CCN(CC)c1ccc(/C=N\n2c(-c3ccc(Cl)cc3Cl)n[nH]c2=S)cc1. The third kappa shape index (κ3) is 4.40. The summed E-state index contributed by atoms with van der Waals surface area (Å²) in [4.78, 5) is 2.29. The van der Waals surface area contributed by atoms with E-state index >= 15 is 0 Å². The van der Waals surface area contributed by atoms with Crippen molar-refractivity contribution in [2.24, 2.45) is 5.10 Å². The Hall–Kier alpha value is -2.15. The van der Waals surface area contributed by atoms with Crippen LogP contribution in [0.15, 0.2) is 47.6 Å². The summed E-state index contributed by atoms with van der Waals surface area (Å²) in [6.07, 6.45) is 1.74. The Labute approximate surface area is 173 Å². The monoisotopic (exact) mass is 419 g/mol. The second-order valence-corrected chi connectivity index (χ2v) is 7.03. The molecule has 0 bridgehead atoms. The minimum absolute atomic E-state index is 0.382. The number of H-pyrrole nitrogens is 1. The van der Waals surface area contributed by atoms with Crippen molar-refractivity contribution in [2.75, 3.05) is 18.0 Å². The highest BCUT2D eigenvalue weighted by Crippen LogP contribution is 2.29. The maximum absolute atomic E-state index is 6.29. The van der Waals surface area contributed by atoms with Gasteiger partial charge in [0.25, 0.3) is 0 Å². The van der Waals surface area contributed by atoms with Crippen molar-refractivity contribution in [1.82, 2.24) is 14.9 Å². The van der Waals surface area contributed by atoms with Crippen molar-refractivity contribution in [1.29, 1.82) is 0 Å². The lowest BCUT2D eigenvalue weighted by molar-refractivity contribution is 0.865. The van der Waals surface area contributed by atoms with Crippen LogP contribution in [0, 0.1) is 4.77 Å². The topological polar surface area (TPSA) is 49.2 Å². The van der Waals surface area contributed by atoms with Gasteiger partial charge < -0.3 is 4.90 Å². The molecule has 1 aromatic heterocycles. The van der Waals surface area contributed by atoms with Crippen LogP contribution in [0.1, 0.15) is 19.4 Å². The first kappa shape index (κ1) is 19.6. The Balaban J connectivity index is 1.90. The minimum atomic E-state index is 0.382. The smallest absolute Gasteiger partial charge is 0.216 e. The summed E-state index contributed by atoms with van der Waals surface area (Å²) in [5.74, 6) is 0.526. The van der Waals surface area contributed by atoms with Gasteiger partial charge in [0, 0.05) is 29.4 Å². The molecule has 5 nitrogen and oxygen atoms in total. The van der Waals surface area contributed by atoms with Crippen LogP contribution in [0.25, 0.3) is 11.4 Å². The van der Waals surface area contributed by atoms with Gasteiger partial charge in [0.1, 0.15) is 0 Å². The molecule has 0 atom stereocenters. The third-order valence-corrected chi connectivity index (χ3v) is 4.98. The van der Waals surface area contributed by atoms with Crippen LogP contribution in [0.3, 0.4) is 0 Å². The van der Waals surface area contributed by atoms with Gasteiger partial charge in [-0.25, -0.2) is 5.10 Å². The molecule has 0 aliphatic rings. The first-order chi connectivity index (χ1) is 13.0. The Kier molecular flexibility index (Phi) is 6.31. The minimum Gasteiger partial charge on any atom is -0.372 e. The summed E-state index contributed by atoms with van der Waals surface area (Å²) in [5, 5.41) is 12.5. The van der Waals surface area contributed by atoms with Crippen molar-refractivity contribution < 1.29 is 0 Å². The lowest BCUT2D eigenvalue weighted by atomic mass is 10.2. The number of nitrogens with one attached hydrogen (secondary N) is 1. The highest BCUT2D eigenvalue weighted by atomic mass is 35.5. The van der Waals surface area contributed by atoms with Crippen LogP contribution in [0.5, 0.6) is 0 Å². The van der Waals surface area contributed by atoms with E-state index in [9.17, 15) is 0 Å². The number of halogens is 2. The average Bonchev–Trinajstić information content (AvgIpc) is 3.02. The molecule has 1 heterocycles. The van der Waals surface area contributed by atoms with Gasteiger partial charge in [-0.05, 0) is 62.0 Å². The molecule has 140 valence electrons. The fourth-order valence-corrected chi connectivity index (χ4v) is 3.40. The van der Waals surface area contributed by atoms with E-state index in [1.165, 1.54) is 5.69 Å². The summed E-state index contributed by atoms with van der Waals surface area (Å²) < 4.78 is 1.93. The fourth-order valence-electron chi connectivity index (χ4n) is 2.73. The maximum atomic E-state index is 6.29. The zero-order valence-electron chi connectivity index (χ0n) is 15.0. The highest BCUT2D eigenvalue weighted by molar-refractivity contribution is 7.71. The number of hydrogen-bond donors (Lipinski definition) is 1. The first-order valence-electron chi connectivity index (χ1n) is 8.55. The largest absolute Gasteiger partial charge is 0.372 e. The molecule has 3 aromatic rings. The molecule has 3 rings (SSSR count). The molecule has 0 aliphatic heterocycles. The number of aromatic amines is 1. The lowest BCUT2D eigenvalue weighted by Crippen LogP contribution is -2.21. The van der Waals surface area contributed by atoms with Crippen molar-refractivity contribution in [3.05, 3.63) is 62.8 Å². The van der Waals surface area contributed by atoms with Crippen LogP contribution in [-0.2, 0) is 0 Å². The maximum Gasteiger partial charge on any atom is 0.216 e. The van der Waals surface area contributed by atoms with Gasteiger partial charge >= 0.3 is 0 Å². The molecular weight excluding hydrogens is 401 g/mol. The first-order valence-corrected chi connectivity index (χ1v) is 9.72. The molecule has 2 aromatic carbocycles. The lowest BCUT2D eigenvalue weighted by Gasteiger charge is -2.20. The summed E-state index contributed by atoms with van der Waals surface area (Å²) in [7, 11) is 0. The van der Waals surface area contributed by atoms with Gasteiger partial charge in [0.15, 0.2) is 5.82 Å². The van der Waals surface area contributed by atoms with Gasteiger partial charge in [-0.15, -0.1) is 0 Å². The predicted molar refractivity (Wildman–Crippen MR) is 116 cm³/mol. The molecule has 0 unspecified atom stereocenters. The molecule has 0 aliphatic carbocycles. The van der Waals surface area contributed by atoms with Crippen LogP contribution >= 0.6 is 35.4 Å². The Bertz CT molecular complexity index is 1000. The number of rotatable bonds is 6. The fraction of sp³-hybridized carbons (Fsp3) is 0.211. The average molecular weight is 420 g/mol. The van der Waals surface area contributed by atoms with Crippen LogP contribution in [-0.4, -0.2) is 34.2 Å². The van der Waals surface area contributed by atoms with Gasteiger partial charge in [0.05, 0.1) is 11.2 Å². The third-order valence-electron chi connectivity index (χ3n) is 4.17. The molecule has 8 heteroatoms. The van der Waals surface area contributed by atoms with E-state index in [2.05, 4.69) is 46.2 Å². The van der Waals surface area contributed by atoms with E-state index in [4.69, 9.17) is 35.4 Å². The zero-order chi connectivity index (χ0) is 19.4. The van der Waals surface area contributed by atoms with Gasteiger partial charge in [-0.1, -0.05) is 35.3 Å². The number of anilines is 1. The van der Waals surface area contributed by atoms with E-state index in [1.807, 2.05) is 12.1 Å². The molecule has 0 saturated carbocycles. The number of benzene rings is 2. The normalized spacial score (nSPS) is 11.3. The summed E-state index contributed by atoms with van der Waals surface area (Å²) in [6.45, 7) is 6.23. The summed E-state index contributed by atoms with van der Waals surface area (Å²) in [6, 6.07) is 13.4. The zero-order valence-corrected chi connectivity index (χ0v) is 17.3. The Morgan fingerprint density at radius 1 is 1.15 bits per heavy atom. The Morgan fingerprint density at radius 3 is 2.48 bits per heavy atom. The quantitative estimate of drug-likeness (QED) is 0.415. The van der Waals surface area contributed by atoms with Crippen molar-refractivity contribution in [2.45, 2.75) is 13.8 Å². The van der Waals surface area contributed by atoms with Crippen molar-refractivity contribution in [3.63, 3.8) is 0 Å². The van der Waals surface area contributed by atoms with E-state index in [0.717, 1.165) is 18.7 Å². The number of aromatic nitrogens is 3. The number of nitrogens with zero attached hydrogens (tertiary/aromatic N) is 4. The van der Waals surface area contributed by atoms with Crippen LogP contribution in [0.2, 0.25) is 10.0 Å². The van der Waals surface area contributed by atoms with E-state index in [-0.39, 0.29) is 0 Å². The van der Waals surface area contributed by atoms with Gasteiger partial charge in [-0.3, -0.25) is 0 Å². The van der Waals surface area contributed by atoms with Crippen molar-refractivity contribution >= 4 is 47.3 Å². The van der Waals surface area contributed by atoms with Gasteiger partial charge in [0.2, 0.25) is 4.77 Å². The van der Waals surface area contributed by atoms with E-state index < -0.39 is 0 Å². The van der Waals surface area contributed by atoms with E-state index in [0.29, 0.717) is 26.2 Å². The summed E-state index contributed by atoms with van der Waals surface area (Å²) >= 11 is 17.6. The molecule has 1 N–H and O–H groups in total. The molecule has 27 heavy (non-hydrogen) atoms. The van der Waals surface area contributed by atoms with E-state index in [1.54, 1.807) is 29.1 Å². The second-order valence-electron chi connectivity index (χ2n) is 5.80. The number of hydrogen-bond acceptors (Lipinski definition) is 4. The van der Waals surface area contributed by atoms with Crippen LogP contribution in [0.4, 0.5) is 5.69 Å². The van der Waals surface area contributed by atoms with Crippen molar-refractivity contribution in [3.8, 4) is 11.4 Å². The second kappa shape index (κ2) is 8.69. The van der Waals surface area contributed by atoms with Crippen LogP contribution < -0.4 is 4.90 Å². The summed E-state index contributed by atoms with van der Waals surface area (Å²) in [5.41, 5.74) is 2.84.